The minimum atomic E-state index is -2.22. The number of carboxylic acid groups (broad SMARTS) is 1. The van der Waals surface area contributed by atoms with Crippen LogP contribution in [0.1, 0.15) is 71.5 Å². The first-order valence-electron chi connectivity index (χ1n) is 9.78. The molecule has 156 valence electrons. The second kappa shape index (κ2) is 7.52. The molecule has 0 aromatic heterocycles. The summed E-state index contributed by atoms with van der Waals surface area (Å²) in [5, 5.41) is 9.40. The molecular formula is C24H24O6. The second-order valence-electron chi connectivity index (χ2n) is 8.16. The summed E-state index contributed by atoms with van der Waals surface area (Å²) < 4.78 is 5.48. The molecule has 0 fully saturated rings. The molecule has 6 nitrogen and oxygen atoms in total. The molecule has 0 aliphatic heterocycles. The molecule has 0 unspecified atom stereocenters. The molecule has 0 bridgehead atoms. The van der Waals surface area contributed by atoms with Crippen molar-refractivity contribution in [3.63, 3.8) is 0 Å². The van der Waals surface area contributed by atoms with Crippen molar-refractivity contribution in [1.29, 1.82) is 0 Å². The molecule has 0 atom stereocenters. The Morgan fingerprint density at radius 3 is 2.07 bits per heavy atom. The van der Waals surface area contributed by atoms with Gasteiger partial charge in [-0.2, -0.15) is 0 Å². The lowest BCUT2D eigenvalue weighted by molar-refractivity contribution is -0.149. The van der Waals surface area contributed by atoms with E-state index < -0.39 is 35.5 Å². The predicted molar refractivity (Wildman–Crippen MR) is 110 cm³/mol. The number of ether oxygens (including phenoxy) is 1. The van der Waals surface area contributed by atoms with Gasteiger partial charge in [-0.25, -0.2) is 0 Å². The molecule has 30 heavy (non-hydrogen) atoms. The summed E-state index contributed by atoms with van der Waals surface area (Å²) in [5.41, 5.74) is -1.02. The standard InChI is InChI=1S/C24H24O6/c1-5-23(3,4)16-11-10-15(12-20(26)27)19(13-16)24(30-14(2)25)21(28)17-8-6-7-9-18(17)22(24)29/h6-11,13H,5,12H2,1-4H3,(H,26,27). The lowest BCUT2D eigenvalue weighted by Gasteiger charge is -2.31. The average Bonchev–Trinajstić information content (AvgIpc) is 2.90. The van der Waals surface area contributed by atoms with Gasteiger partial charge in [-0.15, -0.1) is 0 Å². The van der Waals surface area contributed by atoms with Crippen molar-refractivity contribution in [3.05, 3.63) is 70.3 Å². The Balaban J connectivity index is 2.36. The van der Waals surface area contributed by atoms with Gasteiger partial charge in [0.25, 0.3) is 5.60 Å². The van der Waals surface area contributed by atoms with Crippen molar-refractivity contribution >= 4 is 23.5 Å². The minimum Gasteiger partial charge on any atom is -0.481 e. The Hall–Kier alpha value is -3.28. The summed E-state index contributed by atoms with van der Waals surface area (Å²) in [6, 6.07) is 11.3. The lowest BCUT2D eigenvalue weighted by atomic mass is 9.77. The van der Waals surface area contributed by atoms with Gasteiger partial charge in [-0.3, -0.25) is 19.2 Å². The van der Waals surface area contributed by atoms with E-state index >= 15 is 0 Å². The summed E-state index contributed by atoms with van der Waals surface area (Å²) in [6.07, 6.45) is 0.357. The molecule has 6 heteroatoms. The monoisotopic (exact) mass is 408 g/mol. The van der Waals surface area contributed by atoms with Gasteiger partial charge >= 0.3 is 11.9 Å². The summed E-state index contributed by atoms with van der Waals surface area (Å²) >= 11 is 0. The number of aliphatic carboxylic acids is 1. The number of carbonyl (C=O) groups is 4. The van der Waals surface area contributed by atoms with Crippen LogP contribution < -0.4 is 0 Å². The molecule has 1 N–H and O–H groups in total. The number of benzene rings is 2. The molecule has 1 aliphatic carbocycles. The van der Waals surface area contributed by atoms with E-state index in [1.54, 1.807) is 30.3 Å². The molecule has 0 saturated heterocycles. The largest absolute Gasteiger partial charge is 0.481 e. The van der Waals surface area contributed by atoms with Crippen LogP contribution in [-0.2, 0) is 31.8 Å². The van der Waals surface area contributed by atoms with Crippen LogP contribution in [0.3, 0.4) is 0 Å². The summed E-state index contributed by atoms with van der Waals surface area (Å²) in [6.45, 7) is 7.15. The smallest absolute Gasteiger partial charge is 0.307 e. The third-order valence-electron chi connectivity index (χ3n) is 5.85. The lowest BCUT2D eigenvalue weighted by Crippen LogP contribution is -2.44. The van der Waals surface area contributed by atoms with Crippen molar-refractivity contribution in [3.8, 4) is 0 Å². The number of Topliss-reactive ketones (excluding diaryl/α,β-unsaturated/α-hetero) is 2. The number of rotatable bonds is 6. The van der Waals surface area contributed by atoms with E-state index in [1.807, 2.05) is 20.8 Å². The van der Waals surface area contributed by atoms with Crippen LogP contribution in [0.15, 0.2) is 42.5 Å². The van der Waals surface area contributed by atoms with Gasteiger partial charge in [0.2, 0.25) is 11.6 Å². The third-order valence-corrected chi connectivity index (χ3v) is 5.85. The molecule has 3 rings (SSSR count). The van der Waals surface area contributed by atoms with Crippen molar-refractivity contribution < 1.29 is 29.0 Å². The van der Waals surface area contributed by atoms with Crippen LogP contribution >= 0.6 is 0 Å². The molecule has 2 aromatic carbocycles. The highest BCUT2D eigenvalue weighted by atomic mass is 16.6. The van der Waals surface area contributed by atoms with E-state index in [1.165, 1.54) is 12.1 Å². The minimum absolute atomic E-state index is 0.116. The number of carboxylic acids is 1. The average molecular weight is 408 g/mol. The fourth-order valence-electron chi connectivity index (χ4n) is 3.82. The fraction of sp³-hybridized carbons (Fsp3) is 0.333. The number of carbonyl (C=O) groups excluding carboxylic acids is 3. The normalized spacial score (nSPS) is 15.1. The topological polar surface area (TPSA) is 97.7 Å². The zero-order valence-electron chi connectivity index (χ0n) is 17.4. The first-order chi connectivity index (χ1) is 14.0. The number of esters is 1. The highest BCUT2D eigenvalue weighted by Crippen LogP contribution is 2.44. The Labute approximate surface area is 174 Å². The molecule has 0 spiro atoms. The van der Waals surface area contributed by atoms with Crippen molar-refractivity contribution in [1.82, 2.24) is 0 Å². The van der Waals surface area contributed by atoms with Gasteiger partial charge < -0.3 is 9.84 Å². The van der Waals surface area contributed by atoms with Gasteiger partial charge in [0.05, 0.1) is 6.42 Å². The van der Waals surface area contributed by atoms with Crippen LogP contribution in [0.5, 0.6) is 0 Å². The Morgan fingerprint density at radius 2 is 1.60 bits per heavy atom. The molecule has 1 aliphatic rings. The highest BCUT2D eigenvalue weighted by molar-refractivity contribution is 6.32. The van der Waals surface area contributed by atoms with Crippen LogP contribution in [0.2, 0.25) is 0 Å². The number of fused-ring (bicyclic) bond motifs is 1. The van der Waals surface area contributed by atoms with Crippen molar-refractivity contribution in [2.45, 2.75) is 51.6 Å². The Bertz CT molecular complexity index is 1030. The van der Waals surface area contributed by atoms with Crippen LogP contribution in [0, 0.1) is 0 Å². The predicted octanol–water partition coefficient (Wildman–Crippen LogP) is 3.84. The number of hydrogen-bond acceptors (Lipinski definition) is 5. The van der Waals surface area contributed by atoms with E-state index in [4.69, 9.17) is 4.74 Å². The summed E-state index contributed by atoms with van der Waals surface area (Å²) in [4.78, 5) is 50.5. The van der Waals surface area contributed by atoms with E-state index in [-0.39, 0.29) is 27.7 Å². The summed E-state index contributed by atoms with van der Waals surface area (Å²) in [5.74, 6) is -3.23. The van der Waals surface area contributed by atoms with Crippen molar-refractivity contribution in [2.75, 3.05) is 0 Å². The highest BCUT2D eigenvalue weighted by Gasteiger charge is 2.58. The maximum absolute atomic E-state index is 13.5. The number of ketones is 2. The molecule has 0 saturated carbocycles. The van der Waals surface area contributed by atoms with Gasteiger partial charge in [0, 0.05) is 23.6 Å². The second-order valence-corrected chi connectivity index (χ2v) is 8.16. The van der Waals surface area contributed by atoms with Gasteiger partial charge in [-0.1, -0.05) is 57.2 Å². The van der Waals surface area contributed by atoms with E-state index in [2.05, 4.69) is 0 Å². The zero-order chi connectivity index (χ0) is 22.3. The fourth-order valence-corrected chi connectivity index (χ4v) is 3.82. The maximum atomic E-state index is 13.5. The Kier molecular flexibility index (Phi) is 5.37. The third kappa shape index (κ3) is 3.32. The SMILES string of the molecule is CCC(C)(C)c1ccc(CC(=O)O)c(C2(OC(C)=O)C(=O)c3ccccc3C2=O)c1. The number of hydrogen-bond donors (Lipinski definition) is 1. The summed E-state index contributed by atoms with van der Waals surface area (Å²) in [7, 11) is 0. The molecule has 0 heterocycles. The Morgan fingerprint density at radius 1 is 1.03 bits per heavy atom. The quantitative estimate of drug-likeness (QED) is 0.576. The van der Waals surface area contributed by atoms with E-state index in [9.17, 15) is 24.3 Å². The van der Waals surface area contributed by atoms with Crippen LogP contribution in [-0.4, -0.2) is 28.6 Å². The van der Waals surface area contributed by atoms with Crippen LogP contribution in [0.25, 0.3) is 0 Å². The first-order valence-corrected chi connectivity index (χ1v) is 9.78. The van der Waals surface area contributed by atoms with Crippen molar-refractivity contribution in [2.24, 2.45) is 0 Å². The maximum Gasteiger partial charge on any atom is 0.307 e. The molecule has 2 aromatic rings. The van der Waals surface area contributed by atoms with Gasteiger partial charge in [0.15, 0.2) is 0 Å². The molecular weight excluding hydrogens is 384 g/mol. The van der Waals surface area contributed by atoms with Gasteiger partial charge in [-0.05, 0) is 29.0 Å². The molecule has 0 amide bonds. The first kappa shape index (κ1) is 21.4. The molecule has 0 radical (unpaired) electrons. The van der Waals surface area contributed by atoms with E-state index in [0.29, 0.717) is 0 Å². The van der Waals surface area contributed by atoms with Crippen LogP contribution in [0.4, 0.5) is 0 Å². The van der Waals surface area contributed by atoms with Gasteiger partial charge in [0.1, 0.15) is 0 Å². The zero-order valence-corrected chi connectivity index (χ0v) is 17.4. The van der Waals surface area contributed by atoms with E-state index in [0.717, 1.165) is 18.9 Å².